The van der Waals surface area contributed by atoms with Gasteiger partial charge < -0.3 is 14.2 Å². The molecule has 2 aliphatic carbocycles. The van der Waals surface area contributed by atoms with Crippen LogP contribution in [0.25, 0.3) is 5.57 Å². The molecule has 0 unspecified atom stereocenters. The van der Waals surface area contributed by atoms with E-state index in [0.717, 1.165) is 39.2 Å². The Morgan fingerprint density at radius 2 is 1.42 bits per heavy atom. The monoisotopic (exact) mass is 418 g/mol. The van der Waals surface area contributed by atoms with Crippen molar-refractivity contribution in [1.29, 1.82) is 0 Å². The summed E-state index contributed by atoms with van der Waals surface area (Å²) in [5, 5.41) is 0. The molecule has 0 aliphatic heterocycles. The third-order valence-electron chi connectivity index (χ3n) is 5.33. The molecule has 0 amide bonds. The highest BCUT2D eigenvalue weighted by Crippen LogP contribution is 2.43. The number of benzene rings is 1. The molecule has 0 saturated heterocycles. The highest BCUT2D eigenvalue weighted by molar-refractivity contribution is 6.11. The Morgan fingerprint density at radius 1 is 0.774 bits per heavy atom. The molecule has 31 heavy (non-hydrogen) atoms. The van der Waals surface area contributed by atoms with E-state index in [4.69, 9.17) is 14.2 Å². The Labute approximate surface area is 182 Å². The van der Waals surface area contributed by atoms with Crippen molar-refractivity contribution in [2.24, 2.45) is 0 Å². The first-order chi connectivity index (χ1) is 14.8. The van der Waals surface area contributed by atoms with Gasteiger partial charge in [-0.2, -0.15) is 0 Å². The third kappa shape index (κ3) is 4.17. The van der Waals surface area contributed by atoms with Gasteiger partial charge >= 0.3 is 11.9 Å². The van der Waals surface area contributed by atoms with Gasteiger partial charge in [-0.1, -0.05) is 35.9 Å². The molecule has 3 rings (SSSR count). The minimum absolute atomic E-state index is 0.158. The second kappa shape index (κ2) is 9.04. The topological polar surface area (TPSA) is 61.8 Å². The van der Waals surface area contributed by atoms with E-state index in [0.29, 0.717) is 5.57 Å². The van der Waals surface area contributed by atoms with Gasteiger partial charge in [0, 0.05) is 5.57 Å². The maximum Gasteiger partial charge on any atom is 0.339 e. The molecule has 5 heteroatoms. The number of esters is 2. The molecule has 0 spiro atoms. The van der Waals surface area contributed by atoms with Gasteiger partial charge in [0.25, 0.3) is 0 Å². The maximum atomic E-state index is 12.9. The van der Waals surface area contributed by atoms with Crippen LogP contribution in [0.3, 0.4) is 0 Å². The van der Waals surface area contributed by atoms with E-state index in [9.17, 15) is 9.59 Å². The summed E-state index contributed by atoms with van der Waals surface area (Å²) < 4.78 is 15.4. The third-order valence-corrected chi connectivity index (χ3v) is 5.33. The normalized spacial score (nSPS) is 16.2. The second-order valence-electron chi connectivity index (χ2n) is 7.40. The van der Waals surface area contributed by atoms with Crippen molar-refractivity contribution in [1.82, 2.24) is 0 Å². The van der Waals surface area contributed by atoms with Crippen molar-refractivity contribution in [3.63, 3.8) is 0 Å². The molecule has 0 fully saturated rings. The van der Waals surface area contributed by atoms with Crippen molar-refractivity contribution in [3.05, 3.63) is 93.1 Å². The summed E-state index contributed by atoms with van der Waals surface area (Å²) in [4.78, 5) is 25.6. The van der Waals surface area contributed by atoms with E-state index in [-0.39, 0.29) is 11.1 Å². The number of hydrogen-bond acceptors (Lipinski definition) is 5. The Hall–Kier alpha value is -3.60. The van der Waals surface area contributed by atoms with Crippen molar-refractivity contribution in [2.45, 2.75) is 20.8 Å². The first kappa shape index (κ1) is 22.1. The molecular formula is C26H26O5. The average Bonchev–Trinajstić information content (AvgIpc) is 3.01. The van der Waals surface area contributed by atoms with Crippen LogP contribution in [-0.4, -0.2) is 33.3 Å². The van der Waals surface area contributed by atoms with Crippen molar-refractivity contribution >= 4 is 17.5 Å². The lowest BCUT2D eigenvalue weighted by molar-refractivity contribution is -0.139. The smallest absolute Gasteiger partial charge is 0.339 e. The number of allylic oxidation sites excluding steroid dienone is 10. The Balaban J connectivity index is 2.43. The molecule has 0 saturated carbocycles. The maximum absolute atomic E-state index is 12.9. The largest absolute Gasteiger partial charge is 0.497 e. The van der Waals surface area contributed by atoms with Crippen molar-refractivity contribution < 1.29 is 23.8 Å². The predicted molar refractivity (Wildman–Crippen MR) is 120 cm³/mol. The van der Waals surface area contributed by atoms with Crippen LogP contribution in [0.15, 0.2) is 87.6 Å². The summed E-state index contributed by atoms with van der Waals surface area (Å²) in [5.41, 5.74) is 6.57. The van der Waals surface area contributed by atoms with E-state index in [2.05, 4.69) is 6.08 Å². The summed E-state index contributed by atoms with van der Waals surface area (Å²) in [5.74, 6) is -0.444. The van der Waals surface area contributed by atoms with Gasteiger partial charge in [0.1, 0.15) is 5.75 Å². The molecule has 0 radical (unpaired) electrons. The van der Waals surface area contributed by atoms with E-state index in [1.165, 1.54) is 14.2 Å². The summed E-state index contributed by atoms with van der Waals surface area (Å²) in [7, 11) is 4.22. The van der Waals surface area contributed by atoms with Crippen LogP contribution < -0.4 is 4.74 Å². The molecule has 0 heterocycles. The molecular weight excluding hydrogens is 392 g/mol. The van der Waals surface area contributed by atoms with Gasteiger partial charge in [0.15, 0.2) is 0 Å². The van der Waals surface area contributed by atoms with Crippen LogP contribution in [0.5, 0.6) is 5.75 Å². The number of fused-ring (bicyclic) bond motifs is 1. The Kier molecular flexibility index (Phi) is 6.44. The zero-order chi connectivity index (χ0) is 22.7. The molecule has 5 nitrogen and oxygen atoms in total. The van der Waals surface area contributed by atoms with Crippen molar-refractivity contribution in [3.8, 4) is 5.75 Å². The minimum atomic E-state index is -0.598. The highest BCUT2D eigenvalue weighted by atomic mass is 16.5. The lowest BCUT2D eigenvalue weighted by Crippen LogP contribution is -2.18. The number of rotatable bonds is 4. The zero-order valence-corrected chi connectivity index (χ0v) is 18.7. The fourth-order valence-electron chi connectivity index (χ4n) is 4.01. The standard InChI is InChI=1S/C26H26O5/c1-15-13-16(2)22-20(18-7-9-19(29-4)10-8-18)11-12-21(25(27)30-5)24(26(28)31-6)23(22)17(3)14-15/h7-14H,1-6H3. The van der Waals surface area contributed by atoms with E-state index >= 15 is 0 Å². The molecule has 2 aliphatic rings. The zero-order valence-electron chi connectivity index (χ0n) is 18.7. The number of methoxy groups -OCH3 is 3. The van der Waals surface area contributed by atoms with E-state index < -0.39 is 11.9 Å². The minimum Gasteiger partial charge on any atom is -0.497 e. The fourth-order valence-corrected chi connectivity index (χ4v) is 4.01. The van der Waals surface area contributed by atoms with E-state index in [1.54, 1.807) is 13.2 Å². The van der Waals surface area contributed by atoms with Crippen LogP contribution in [0.2, 0.25) is 0 Å². The summed E-state index contributed by atoms with van der Waals surface area (Å²) >= 11 is 0. The molecule has 1 aromatic rings. The van der Waals surface area contributed by atoms with Crippen LogP contribution in [0, 0.1) is 0 Å². The quantitative estimate of drug-likeness (QED) is 0.652. The fraction of sp³-hybridized carbons (Fsp3) is 0.231. The molecule has 0 atom stereocenters. The number of ether oxygens (including phenoxy) is 3. The van der Waals surface area contributed by atoms with Crippen LogP contribution >= 0.6 is 0 Å². The summed E-state index contributed by atoms with van der Waals surface area (Å²) in [6.45, 7) is 5.94. The molecule has 0 N–H and O–H groups in total. The average molecular weight is 418 g/mol. The van der Waals surface area contributed by atoms with Crippen LogP contribution in [0.4, 0.5) is 0 Å². The number of carbonyl (C=O) groups excluding carboxylic acids is 2. The predicted octanol–water partition coefficient (Wildman–Crippen LogP) is 4.88. The summed E-state index contributed by atoms with van der Waals surface area (Å²) in [6.07, 6.45) is 7.55. The number of carbonyl (C=O) groups is 2. The van der Waals surface area contributed by atoms with Crippen LogP contribution in [-0.2, 0) is 19.1 Å². The molecule has 0 aromatic heterocycles. The Morgan fingerprint density at radius 3 is 2.00 bits per heavy atom. The first-order valence-electron chi connectivity index (χ1n) is 9.88. The van der Waals surface area contributed by atoms with Gasteiger partial charge in [-0.3, -0.25) is 0 Å². The SMILES string of the molecule is COC(=O)C1=CC=C(c2ccc(OC)cc2)C2=C(C)C=C(C)C=C(C)C2=C1C(=O)OC. The van der Waals surface area contributed by atoms with Gasteiger partial charge in [-0.15, -0.1) is 0 Å². The van der Waals surface area contributed by atoms with Gasteiger partial charge in [0.05, 0.1) is 32.5 Å². The molecule has 0 bridgehead atoms. The van der Waals surface area contributed by atoms with Gasteiger partial charge in [-0.25, -0.2) is 9.59 Å². The van der Waals surface area contributed by atoms with E-state index in [1.807, 2.05) is 57.2 Å². The second-order valence-corrected chi connectivity index (χ2v) is 7.40. The van der Waals surface area contributed by atoms with Gasteiger partial charge in [0.2, 0.25) is 0 Å². The van der Waals surface area contributed by atoms with Gasteiger partial charge in [-0.05, 0) is 66.8 Å². The Bertz CT molecular complexity index is 1120. The lowest BCUT2D eigenvalue weighted by Gasteiger charge is -2.20. The van der Waals surface area contributed by atoms with Crippen LogP contribution in [0.1, 0.15) is 26.3 Å². The summed E-state index contributed by atoms with van der Waals surface area (Å²) in [6, 6.07) is 7.68. The highest BCUT2D eigenvalue weighted by Gasteiger charge is 2.32. The lowest BCUT2D eigenvalue weighted by atomic mass is 9.84. The first-order valence-corrected chi connectivity index (χ1v) is 9.88. The molecule has 1 aromatic carbocycles. The van der Waals surface area contributed by atoms with Crippen molar-refractivity contribution in [2.75, 3.05) is 21.3 Å². The number of hydrogen-bond donors (Lipinski definition) is 0. The molecule has 160 valence electrons.